The molecule has 12 heteroatoms. The minimum absolute atomic E-state index is 0.00856. The van der Waals surface area contributed by atoms with E-state index in [1.54, 1.807) is 27.7 Å². The largest absolute Gasteiger partial charge is 0.384 e. The van der Waals surface area contributed by atoms with E-state index in [4.69, 9.17) is 20.0 Å². The molecule has 0 aromatic carbocycles. The molecule has 1 aliphatic heterocycles. The molecule has 1 aromatic heterocycles. The Kier molecular flexibility index (Phi) is 6.35. The molecule has 0 spiro atoms. The molecule has 5 N–H and O–H groups in total. The fraction of sp³-hybridized carbons (Fsp3) is 0.733. The lowest BCUT2D eigenvalue weighted by Crippen LogP contribution is -2.50. The van der Waals surface area contributed by atoms with Crippen molar-refractivity contribution in [2.75, 3.05) is 12.3 Å². The molecule has 3 atom stereocenters. The van der Waals surface area contributed by atoms with Gasteiger partial charge in [0.25, 0.3) is 6.29 Å². The number of nitrogen functional groups attached to an aromatic ring is 1. The van der Waals surface area contributed by atoms with Crippen molar-refractivity contribution in [2.24, 2.45) is 11.8 Å². The predicted octanol–water partition coefficient (Wildman–Crippen LogP) is -0.457. The Morgan fingerprint density at radius 3 is 2.44 bits per heavy atom. The summed E-state index contributed by atoms with van der Waals surface area (Å²) in [5.41, 5.74) is 4.60. The van der Waals surface area contributed by atoms with Crippen LogP contribution in [0.3, 0.4) is 0 Å². The quantitative estimate of drug-likeness (QED) is 0.434. The maximum absolute atomic E-state index is 12.2. The summed E-state index contributed by atoms with van der Waals surface area (Å²) in [7, 11) is -4.71. The molecule has 154 valence electrons. The molecule has 1 fully saturated rings. The first-order valence-electron chi connectivity index (χ1n) is 8.45. The van der Waals surface area contributed by atoms with E-state index in [-0.39, 0.29) is 12.4 Å². The van der Waals surface area contributed by atoms with Gasteiger partial charge in [0.15, 0.2) is 5.34 Å². The number of nitrogens with zero attached hydrogens (tertiary/aromatic N) is 2. The predicted molar refractivity (Wildman–Crippen MR) is 94.6 cm³/mol. The Balaban J connectivity index is 2.21. The summed E-state index contributed by atoms with van der Waals surface area (Å²) < 4.78 is 24.1. The van der Waals surface area contributed by atoms with Gasteiger partial charge in [-0.2, -0.15) is 4.98 Å². The lowest BCUT2D eigenvalue weighted by atomic mass is 9.94. The normalized spacial score (nSPS) is 24.0. The van der Waals surface area contributed by atoms with Crippen molar-refractivity contribution < 1.29 is 33.8 Å². The molecule has 1 saturated heterocycles. The van der Waals surface area contributed by atoms with Gasteiger partial charge in [-0.25, -0.2) is 4.79 Å². The number of hydrogen-bond donors (Lipinski definition) is 4. The maximum atomic E-state index is 12.2. The van der Waals surface area contributed by atoms with Crippen LogP contribution in [0.25, 0.3) is 0 Å². The average molecular weight is 407 g/mol. The molecule has 1 unspecified atom stereocenters. The number of nitrogens with two attached hydrogens (primary N) is 1. The third kappa shape index (κ3) is 4.18. The first-order valence-corrected chi connectivity index (χ1v) is 10.1. The molecule has 0 aliphatic carbocycles. The van der Waals surface area contributed by atoms with E-state index in [0.29, 0.717) is 0 Å². The van der Waals surface area contributed by atoms with Gasteiger partial charge in [-0.05, 0) is 11.8 Å². The van der Waals surface area contributed by atoms with E-state index < -0.39 is 49.0 Å². The molecule has 0 bridgehead atoms. The van der Waals surface area contributed by atoms with Crippen LogP contribution in [0.1, 0.15) is 27.7 Å². The zero-order chi connectivity index (χ0) is 20.6. The molecule has 0 radical (unpaired) electrons. The summed E-state index contributed by atoms with van der Waals surface area (Å²) in [6, 6.07) is 1.33. The van der Waals surface area contributed by atoms with Crippen LogP contribution in [0.4, 0.5) is 5.82 Å². The van der Waals surface area contributed by atoms with Crippen molar-refractivity contribution in [3.8, 4) is 0 Å². The number of ether oxygens (including phenoxy) is 2. The lowest BCUT2D eigenvalue weighted by molar-refractivity contribution is -0.168. The molecule has 0 saturated carbocycles. The van der Waals surface area contributed by atoms with Gasteiger partial charge in [-0.3, -0.25) is 4.57 Å². The van der Waals surface area contributed by atoms with E-state index in [1.807, 2.05) is 0 Å². The van der Waals surface area contributed by atoms with Gasteiger partial charge in [-0.15, -0.1) is 4.73 Å². The minimum atomic E-state index is -4.71. The van der Waals surface area contributed by atoms with Crippen LogP contribution < -0.4 is 16.3 Å². The van der Waals surface area contributed by atoms with Crippen molar-refractivity contribution in [1.82, 2.24) is 9.71 Å². The summed E-state index contributed by atoms with van der Waals surface area (Å²) in [4.78, 5) is 40.4. The molecular weight excluding hydrogens is 381 g/mol. The van der Waals surface area contributed by atoms with Crippen molar-refractivity contribution in [2.45, 2.75) is 51.5 Å². The highest BCUT2D eigenvalue weighted by Crippen LogP contribution is 2.59. The van der Waals surface area contributed by atoms with Crippen LogP contribution in [-0.2, 0) is 14.0 Å². The van der Waals surface area contributed by atoms with Crippen LogP contribution in [0.5, 0.6) is 0 Å². The molecule has 1 aliphatic rings. The monoisotopic (exact) mass is 407 g/mol. The van der Waals surface area contributed by atoms with Gasteiger partial charge in [0.2, 0.25) is 0 Å². The fourth-order valence-electron chi connectivity index (χ4n) is 3.28. The summed E-state index contributed by atoms with van der Waals surface area (Å²) in [5, 5.41) is 8.65. The van der Waals surface area contributed by atoms with Crippen LogP contribution in [0.2, 0.25) is 0 Å². The first-order chi connectivity index (χ1) is 12.4. The van der Waals surface area contributed by atoms with Gasteiger partial charge in [0.05, 0.1) is 12.8 Å². The Bertz CT molecular complexity index is 754. The van der Waals surface area contributed by atoms with Gasteiger partial charge in [-0.1, -0.05) is 27.7 Å². The average Bonchev–Trinajstić information content (AvgIpc) is 2.86. The topological polar surface area (TPSA) is 166 Å². The third-order valence-corrected chi connectivity index (χ3v) is 6.59. The second-order valence-electron chi connectivity index (χ2n) is 7.02. The molecule has 2 rings (SSSR count). The highest BCUT2D eigenvalue weighted by atomic mass is 31.2. The van der Waals surface area contributed by atoms with Crippen LogP contribution in [0, 0.1) is 11.8 Å². The van der Waals surface area contributed by atoms with E-state index in [1.165, 1.54) is 12.3 Å². The molecule has 11 nitrogen and oxygen atoms in total. The number of rotatable bonds is 7. The Labute approximate surface area is 156 Å². The van der Waals surface area contributed by atoms with Crippen LogP contribution in [0.15, 0.2) is 17.1 Å². The van der Waals surface area contributed by atoms with E-state index in [9.17, 15) is 24.3 Å². The van der Waals surface area contributed by atoms with E-state index in [0.717, 1.165) is 4.73 Å². The first kappa shape index (κ1) is 21.8. The van der Waals surface area contributed by atoms with Gasteiger partial charge in [0, 0.05) is 6.07 Å². The van der Waals surface area contributed by atoms with Crippen molar-refractivity contribution >= 4 is 13.4 Å². The molecule has 0 amide bonds. The van der Waals surface area contributed by atoms with Gasteiger partial charge in [0.1, 0.15) is 18.0 Å². The van der Waals surface area contributed by atoms with E-state index >= 15 is 0 Å². The molecule has 2 heterocycles. The zero-order valence-electron chi connectivity index (χ0n) is 15.6. The number of hydrogen-bond acceptors (Lipinski definition) is 8. The summed E-state index contributed by atoms with van der Waals surface area (Å²) >= 11 is 0. The lowest BCUT2D eigenvalue weighted by Gasteiger charge is -2.43. The second-order valence-corrected chi connectivity index (χ2v) is 8.81. The fourth-order valence-corrected chi connectivity index (χ4v) is 4.90. The Morgan fingerprint density at radius 1 is 1.37 bits per heavy atom. The van der Waals surface area contributed by atoms with Crippen LogP contribution >= 0.6 is 7.60 Å². The summed E-state index contributed by atoms with van der Waals surface area (Å²) in [6.07, 6.45) is -2.52. The maximum Gasteiger partial charge on any atom is 0.382 e. The second kappa shape index (κ2) is 7.86. The van der Waals surface area contributed by atoms with Crippen molar-refractivity contribution in [3.63, 3.8) is 0 Å². The zero-order valence-corrected chi connectivity index (χ0v) is 16.4. The highest BCUT2D eigenvalue weighted by molar-refractivity contribution is 7.53. The number of anilines is 1. The molecular formula is C15H26N3O8P. The smallest absolute Gasteiger partial charge is 0.382 e. The standard InChI is InChI=1S/C15H26N3O8P/c1-8(2)15(9(3)4,27(21,22)23)25-10-7-24-13(12(10)19)26-18-6-5-11(16)17-14(18)20/h5-6,8-10,12-13,19H,7H2,1-4H3,(H2,16,17,20)(H2,21,22,23)/t10-,12+,13?/m0/s1. The Morgan fingerprint density at radius 2 is 1.96 bits per heavy atom. The SMILES string of the molecule is CC(C)C(O[C@H]1COC(On2ccc(N)nc2=O)[C@@H]1O)(C(C)C)P(=O)(O)O. The highest BCUT2D eigenvalue weighted by Gasteiger charge is 2.56. The molecule has 27 heavy (non-hydrogen) atoms. The number of aliphatic hydroxyl groups excluding tert-OH is 1. The van der Waals surface area contributed by atoms with E-state index in [2.05, 4.69) is 4.98 Å². The third-order valence-electron chi connectivity index (χ3n) is 4.55. The number of aromatic nitrogens is 2. The molecule has 1 aromatic rings. The van der Waals surface area contributed by atoms with Gasteiger partial charge < -0.3 is 34.9 Å². The van der Waals surface area contributed by atoms with Crippen LogP contribution in [-0.4, -0.2) is 55.1 Å². The Hall–Kier alpha value is -1.49. The number of aliphatic hydroxyl groups is 1. The summed E-state index contributed by atoms with van der Waals surface area (Å²) in [5.74, 6) is -1.09. The van der Waals surface area contributed by atoms with Crippen molar-refractivity contribution in [3.05, 3.63) is 22.7 Å². The summed E-state index contributed by atoms with van der Waals surface area (Å²) in [6.45, 7) is 6.36. The minimum Gasteiger partial charge on any atom is -0.384 e. The van der Waals surface area contributed by atoms with Crippen molar-refractivity contribution in [1.29, 1.82) is 0 Å². The van der Waals surface area contributed by atoms with Gasteiger partial charge >= 0.3 is 13.3 Å².